The fourth-order valence-electron chi connectivity index (χ4n) is 1.59. The Balaban J connectivity index is 1.84. The maximum atomic E-state index is 11.9. The number of nitrogens with zero attached hydrogens (tertiary/aromatic N) is 2. The van der Waals surface area contributed by atoms with E-state index in [0.29, 0.717) is 17.9 Å². The zero-order valence-electron chi connectivity index (χ0n) is 11.6. The van der Waals surface area contributed by atoms with Gasteiger partial charge in [-0.1, -0.05) is 11.3 Å². The molecular weight excluding hydrogens is 328 g/mol. The molecule has 9 heteroatoms. The second-order valence-corrected chi connectivity index (χ2v) is 6.19. The van der Waals surface area contributed by atoms with Gasteiger partial charge in [0.1, 0.15) is 4.88 Å². The maximum Gasteiger partial charge on any atom is 0.349 e. The molecule has 0 aliphatic heterocycles. The van der Waals surface area contributed by atoms with Crippen molar-refractivity contribution in [2.24, 2.45) is 0 Å². The Morgan fingerprint density at radius 3 is 2.73 bits per heavy atom. The lowest BCUT2D eigenvalue weighted by Gasteiger charge is -2.16. The van der Waals surface area contributed by atoms with Crippen molar-refractivity contribution in [1.82, 2.24) is 4.90 Å². The number of thiophene rings is 2. The number of nitro groups is 1. The SMILES string of the molecule is CN(Cc1ccsc1)C(=O)COC(=O)c1ccc([N+](=O)[O-])s1. The van der Waals surface area contributed by atoms with Crippen LogP contribution in [0.25, 0.3) is 0 Å². The summed E-state index contributed by atoms with van der Waals surface area (Å²) in [6.07, 6.45) is 0. The van der Waals surface area contributed by atoms with Crippen LogP contribution in [0.4, 0.5) is 5.00 Å². The van der Waals surface area contributed by atoms with Crippen LogP contribution in [0.15, 0.2) is 29.0 Å². The van der Waals surface area contributed by atoms with Crippen molar-refractivity contribution in [2.45, 2.75) is 6.54 Å². The average Bonchev–Trinajstić information content (AvgIpc) is 3.15. The van der Waals surface area contributed by atoms with Gasteiger partial charge in [0.2, 0.25) is 0 Å². The van der Waals surface area contributed by atoms with Crippen LogP contribution in [-0.2, 0) is 16.1 Å². The number of hydrogen-bond acceptors (Lipinski definition) is 7. The highest BCUT2D eigenvalue weighted by molar-refractivity contribution is 7.17. The van der Waals surface area contributed by atoms with E-state index < -0.39 is 17.5 Å². The van der Waals surface area contributed by atoms with Crippen molar-refractivity contribution in [3.8, 4) is 0 Å². The fourth-order valence-corrected chi connectivity index (χ4v) is 2.96. The van der Waals surface area contributed by atoms with Gasteiger partial charge in [-0.05, 0) is 28.5 Å². The molecule has 0 radical (unpaired) electrons. The number of hydrogen-bond donors (Lipinski definition) is 0. The summed E-state index contributed by atoms with van der Waals surface area (Å²) in [4.78, 5) is 35.1. The third-order valence-electron chi connectivity index (χ3n) is 2.73. The van der Waals surface area contributed by atoms with E-state index in [4.69, 9.17) is 4.74 Å². The number of carbonyl (C=O) groups is 2. The lowest BCUT2D eigenvalue weighted by atomic mass is 10.3. The van der Waals surface area contributed by atoms with Crippen molar-refractivity contribution in [3.05, 3.63) is 49.5 Å². The molecule has 116 valence electrons. The lowest BCUT2D eigenvalue weighted by molar-refractivity contribution is -0.380. The minimum absolute atomic E-state index is 0.0972. The third-order valence-corrected chi connectivity index (χ3v) is 4.47. The van der Waals surface area contributed by atoms with Crippen LogP contribution in [0.2, 0.25) is 0 Å². The van der Waals surface area contributed by atoms with Crippen LogP contribution in [-0.4, -0.2) is 35.4 Å². The van der Waals surface area contributed by atoms with Gasteiger partial charge >= 0.3 is 11.0 Å². The molecule has 0 atom stereocenters. The Hall–Kier alpha value is -2.26. The number of amides is 1. The first kappa shape index (κ1) is 16.1. The van der Waals surface area contributed by atoms with E-state index in [9.17, 15) is 19.7 Å². The molecular formula is C13H12N2O5S2. The fraction of sp³-hybridized carbons (Fsp3) is 0.231. The Labute approximate surface area is 133 Å². The first-order chi connectivity index (χ1) is 10.5. The van der Waals surface area contributed by atoms with Gasteiger partial charge in [0.15, 0.2) is 6.61 Å². The summed E-state index contributed by atoms with van der Waals surface area (Å²) in [7, 11) is 1.61. The number of likely N-dealkylation sites (N-methyl/N-ethyl adjacent to an activating group) is 1. The predicted molar refractivity (Wildman–Crippen MR) is 82.0 cm³/mol. The molecule has 0 unspecified atom stereocenters. The topological polar surface area (TPSA) is 89.8 Å². The normalized spacial score (nSPS) is 10.2. The van der Waals surface area contributed by atoms with E-state index in [1.54, 1.807) is 7.05 Å². The maximum absolute atomic E-state index is 11.9. The number of ether oxygens (including phenoxy) is 1. The molecule has 0 spiro atoms. The van der Waals surface area contributed by atoms with Crippen molar-refractivity contribution in [3.63, 3.8) is 0 Å². The predicted octanol–water partition coefficient (Wildman–Crippen LogP) is 2.53. The molecule has 2 aromatic rings. The highest BCUT2D eigenvalue weighted by Gasteiger charge is 2.18. The van der Waals surface area contributed by atoms with Gasteiger partial charge in [0.25, 0.3) is 5.91 Å². The molecule has 0 saturated heterocycles. The van der Waals surface area contributed by atoms with Crippen LogP contribution in [0, 0.1) is 10.1 Å². The zero-order chi connectivity index (χ0) is 16.1. The van der Waals surface area contributed by atoms with Crippen molar-refractivity contribution < 1.29 is 19.2 Å². The van der Waals surface area contributed by atoms with Gasteiger partial charge in [0, 0.05) is 19.7 Å². The summed E-state index contributed by atoms with van der Waals surface area (Å²) in [6.45, 7) is 0.0372. The summed E-state index contributed by atoms with van der Waals surface area (Å²) in [5.74, 6) is -1.08. The van der Waals surface area contributed by atoms with Crippen LogP contribution in [0.1, 0.15) is 15.2 Å². The molecule has 2 heterocycles. The first-order valence-corrected chi connectivity index (χ1v) is 7.89. The number of carbonyl (C=O) groups excluding carboxylic acids is 2. The second-order valence-electron chi connectivity index (χ2n) is 4.35. The Bertz CT molecular complexity index is 680. The summed E-state index contributed by atoms with van der Waals surface area (Å²) in [5.41, 5.74) is 1.00. The van der Waals surface area contributed by atoms with E-state index in [2.05, 4.69) is 0 Å². The minimum atomic E-state index is -0.740. The minimum Gasteiger partial charge on any atom is -0.451 e. The largest absolute Gasteiger partial charge is 0.451 e. The summed E-state index contributed by atoms with van der Waals surface area (Å²) >= 11 is 2.25. The van der Waals surface area contributed by atoms with Crippen LogP contribution in [0.3, 0.4) is 0 Å². The highest BCUT2D eigenvalue weighted by atomic mass is 32.1. The molecule has 0 aliphatic rings. The van der Waals surface area contributed by atoms with Gasteiger partial charge in [-0.25, -0.2) is 4.79 Å². The Morgan fingerprint density at radius 1 is 1.36 bits per heavy atom. The Kier molecular flexibility index (Phi) is 5.23. The Morgan fingerprint density at radius 2 is 2.14 bits per heavy atom. The molecule has 2 aromatic heterocycles. The first-order valence-electron chi connectivity index (χ1n) is 6.13. The summed E-state index contributed by atoms with van der Waals surface area (Å²) in [5, 5.41) is 14.2. The number of rotatable bonds is 6. The molecule has 0 fully saturated rings. The van der Waals surface area contributed by atoms with Crippen molar-refractivity contribution in [1.29, 1.82) is 0 Å². The quantitative estimate of drug-likeness (QED) is 0.458. The average molecular weight is 340 g/mol. The van der Waals surface area contributed by atoms with Gasteiger partial charge in [0.05, 0.1) is 4.92 Å². The molecule has 0 saturated carbocycles. The van der Waals surface area contributed by atoms with E-state index in [0.717, 1.165) is 5.56 Å². The highest BCUT2D eigenvalue weighted by Crippen LogP contribution is 2.24. The summed E-state index contributed by atoms with van der Waals surface area (Å²) in [6, 6.07) is 4.45. The van der Waals surface area contributed by atoms with Gasteiger partial charge in [-0.15, -0.1) is 0 Å². The monoisotopic (exact) mass is 340 g/mol. The standard InChI is InChI=1S/C13H12N2O5S2/c1-14(6-9-4-5-21-8-9)11(16)7-20-13(17)10-2-3-12(22-10)15(18)19/h2-5,8H,6-7H2,1H3. The molecule has 22 heavy (non-hydrogen) atoms. The molecule has 1 amide bonds. The molecule has 0 N–H and O–H groups in total. The van der Waals surface area contributed by atoms with Crippen molar-refractivity contribution >= 4 is 39.6 Å². The van der Waals surface area contributed by atoms with Gasteiger partial charge < -0.3 is 9.64 Å². The van der Waals surface area contributed by atoms with Crippen LogP contribution >= 0.6 is 22.7 Å². The molecule has 0 bridgehead atoms. The summed E-state index contributed by atoms with van der Waals surface area (Å²) < 4.78 is 4.88. The van der Waals surface area contributed by atoms with Crippen molar-refractivity contribution in [2.75, 3.05) is 13.7 Å². The third kappa shape index (κ3) is 4.12. The number of esters is 1. The lowest BCUT2D eigenvalue weighted by Crippen LogP contribution is -2.30. The second kappa shape index (κ2) is 7.14. The van der Waals surface area contributed by atoms with Gasteiger partial charge in [-0.3, -0.25) is 14.9 Å². The molecule has 0 aromatic carbocycles. The molecule has 7 nitrogen and oxygen atoms in total. The van der Waals surface area contributed by atoms with E-state index >= 15 is 0 Å². The van der Waals surface area contributed by atoms with Gasteiger partial charge in [-0.2, -0.15) is 11.3 Å². The van der Waals surface area contributed by atoms with E-state index in [1.165, 1.54) is 28.4 Å². The van der Waals surface area contributed by atoms with E-state index in [-0.39, 0.29) is 15.8 Å². The zero-order valence-corrected chi connectivity index (χ0v) is 13.2. The van der Waals surface area contributed by atoms with E-state index in [1.807, 2.05) is 16.8 Å². The molecule has 0 aliphatic carbocycles. The van der Waals surface area contributed by atoms with Crippen LogP contribution in [0.5, 0.6) is 0 Å². The van der Waals surface area contributed by atoms with Crippen LogP contribution < -0.4 is 0 Å². The smallest absolute Gasteiger partial charge is 0.349 e. The molecule has 2 rings (SSSR count).